The van der Waals surface area contributed by atoms with Crippen molar-refractivity contribution in [3.05, 3.63) is 18.2 Å². The van der Waals surface area contributed by atoms with E-state index in [-0.39, 0.29) is 12.2 Å². The van der Waals surface area contributed by atoms with Gasteiger partial charge >= 0.3 is 5.97 Å². The minimum absolute atomic E-state index is 0.228. The van der Waals surface area contributed by atoms with Crippen molar-refractivity contribution in [2.75, 3.05) is 19.7 Å². The Morgan fingerprint density at radius 2 is 2.26 bits per heavy atom. The quantitative estimate of drug-likeness (QED) is 0.837. The SMILES string of the molecule is CC(C)n1cncc1CN1CC(C)(OCC(=O)O)C1. The number of rotatable bonds is 6. The van der Waals surface area contributed by atoms with E-state index in [1.165, 1.54) is 5.69 Å². The molecule has 1 saturated heterocycles. The highest BCUT2D eigenvalue weighted by Crippen LogP contribution is 2.26. The minimum Gasteiger partial charge on any atom is -0.480 e. The van der Waals surface area contributed by atoms with Crippen LogP contribution in [0.4, 0.5) is 0 Å². The Kier molecular flexibility index (Phi) is 3.91. The molecule has 6 heteroatoms. The van der Waals surface area contributed by atoms with Crippen molar-refractivity contribution in [2.24, 2.45) is 0 Å². The van der Waals surface area contributed by atoms with Crippen LogP contribution in [-0.4, -0.2) is 50.8 Å². The third kappa shape index (κ3) is 3.33. The van der Waals surface area contributed by atoms with Crippen LogP contribution >= 0.6 is 0 Å². The van der Waals surface area contributed by atoms with Gasteiger partial charge in [-0.1, -0.05) is 0 Å². The predicted molar refractivity (Wildman–Crippen MR) is 69.9 cm³/mol. The van der Waals surface area contributed by atoms with E-state index in [0.717, 1.165) is 19.6 Å². The molecule has 0 aliphatic carbocycles. The standard InChI is InChI=1S/C13H21N3O3/c1-10(2)16-9-14-4-11(16)5-15-7-13(3,8-15)19-6-12(17)18/h4,9-10H,5-8H2,1-3H3,(H,17,18). The first-order valence-corrected chi connectivity index (χ1v) is 6.48. The molecule has 1 N–H and O–H groups in total. The third-order valence-corrected chi connectivity index (χ3v) is 3.35. The van der Waals surface area contributed by atoms with Gasteiger partial charge in [0.25, 0.3) is 0 Å². The molecule has 0 amide bonds. The molecule has 1 aromatic heterocycles. The van der Waals surface area contributed by atoms with Crippen LogP contribution in [0.1, 0.15) is 32.5 Å². The molecule has 0 radical (unpaired) electrons. The molecular formula is C13H21N3O3. The number of hydrogen-bond acceptors (Lipinski definition) is 4. The summed E-state index contributed by atoms with van der Waals surface area (Å²) in [5, 5.41) is 8.62. The van der Waals surface area contributed by atoms with E-state index in [0.29, 0.717) is 6.04 Å². The van der Waals surface area contributed by atoms with E-state index < -0.39 is 5.97 Å². The van der Waals surface area contributed by atoms with Crippen LogP contribution in [0.25, 0.3) is 0 Å². The predicted octanol–water partition coefficient (Wildman–Crippen LogP) is 1.14. The van der Waals surface area contributed by atoms with Gasteiger partial charge in [0.1, 0.15) is 6.61 Å². The van der Waals surface area contributed by atoms with Gasteiger partial charge in [-0.05, 0) is 20.8 Å². The van der Waals surface area contributed by atoms with Gasteiger partial charge in [0.15, 0.2) is 0 Å². The fraction of sp³-hybridized carbons (Fsp3) is 0.692. The summed E-state index contributed by atoms with van der Waals surface area (Å²) in [6.45, 7) is 8.31. The molecule has 0 unspecified atom stereocenters. The number of carboxylic acids is 1. The fourth-order valence-electron chi connectivity index (χ4n) is 2.49. The van der Waals surface area contributed by atoms with Gasteiger partial charge < -0.3 is 14.4 Å². The molecule has 106 valence electrons. The van der Waals surface area contributed by atoms with Crippen molar-refractivity contribution in [2.45, 2.75) is 39.0 Å². The van der Waals surface area contributed by atoms with Crippen molar-refractivity contribution in [3.63, 3.8) is 0 Å². The van der Waals surface area contributed by atoms with Crippen molar-refractivity contribution >= 4 is 5.97 Å². The normalized spacial score (nSPS) is 18.5. The van der Waals surface area contributed by atoms with E-state index in [9.17, 15) is 4.79 Å². The summed E-state index contributed by atoms with van der Waals surface area (Å²) in [7, 11) is 0. The smallest absolute Gasteiger partial charge is 0.329 e. The largest absolute Gasteiger partial charge is 0.480 e. The number of likely N-dealkylation sites (tertiary alicyclic amines) is 1. The number of ether oxygens (including phenoxy) is 1. The van der Waals surface area contributed by atoms with Crippen LogP contribution in [0, 0.1) is 0 Å². The highest BCUT2D eigenvalue weighted by molar-refractivity contribution is 5.68. The average molecular weight is 267 g/mol. The van der Waals surface area contributed by atoms with Crippen LogP contribution in [0.15, 0.2) is 12.5 Å². The third-order valence-electron chi connectivity index (χ3n) is 3.35. The molecule has 0 bridgehead atoms. The van der Waals surface area contributed by atoms with E-state index in [1.807, 2.05) is 19.4 Å². The van der Waals surface area contributed by atoms with Gasteiger partial charge in [0.05, 0.1) is 17.6 Å². The zero-order valence-corrected chi connectivity index (χ0v) is 11.7. The second-order valence-electron chi connectivity index (χ2n) is 5.66. The lowest BCUT2D eigenvalue weighted by atomic mass is 9.96. The van der Waals surface area contributed by atoms with Crippen LogP contribution in [0.5, 0.6) is 0 Å². The Morgan fingerprint density at radius 3 is 2.84 bits per heavy atom. The van der Waals surface area contributed by atoms with Crippen molar-refractivity contribution in [3.8, 4) is 0 Å². The van der Waals surface area contributed by atoms with Crippen LogP contribution in [0.2, 0.25) is 0 Å². The Morgan fingerprint density at radius 1 is 1.58 bits per heavy atom. The molecule has 1 aliphatic heterocycles. The lowest BCUT2D eigenvalue weighted by molar-refractivity contribution is -0.166. The van der Waals surface area contributed by atoms with Gasteiger partial charge in [-0.3, -0.25) is 4.90 Å². The molecule has 1 aliphatic rings. The summed E-state index contributed by atoms with van der Waals surface area (Å²) in [5.41, 5.74) is 0.844. The lowest BCUT2D eigenvalue weighted by Crippen LogP contribution is -2.61. The number of carboxylic acid groups (broad SMARTS) is 1. The van der Waals surface area contributed by atoms with Crippen LogP contribution in [-0.2, 0) is 16.1 Å². The monoisotopic (exact) mass is 267 g/mol. The molecule has 2 heterocycles. The van der Waals surface area contributed by atoms with Crippen molar-refractivity contribution in [1.82, 2.24) is 14.5 Å². The topological polar surface area (TPSA) is 67.6 Å². The first kappa shape index (κ1) is 14.0. The number of carbonyl (C=O) groups is 1. The molecule has 0 aromatic carbocycles. The van der Waals surface area contributed by atoms with Gasteiger partial charge in [0.2, 0.25) is 0 Å². The summed E-state index contributed by atoms with van der Waals surface area (Å²) in [5.74, 6) is -0.919. The fourth-order valence-corrected chi connectivity index (χ4v) is 2.49. The van der Waals surface area contributed by atoms with Gasteiger partial charge in [-0.25, -0.2) is 9.78 Å². The summed E-state index contributed by atoms with van der Waals surface area (Å²) in [6.07, 6.45) is 3.73. The minimum atomic E-state index is -0.919. The maximum absolute atomic E-state index is 10.5. The zero-order chi connectivity index (χ0) is 14.0. The molecule has 0 atom stereocenters. The summed E-state index contributed by atoms with van der Waals surface area (Å²) in [6, 6.07) is 0.397. The highest BCUT2D eigenvalue weighted by Gasteiger charge is 2.40. The Hall–Kier alpha value is -1.40. The molecule has 6 nitrogen and oxygen atoms in total. The van der Waals surface area contributed by atoms with E-state index in [1.54, 1.807) is 0 Å². The number of aromatic nitrogens is 2. The molecule has 19 heavy (non-hydrogen) atoms. The number of aliphatic carboxylic acids is 1. The maximum Gasteiger partial charge on any atom is 0.329 e. The second kappa shape index (κ2) is 5.30. The lowest BCUT2D eigenvalue weighted by Gasteiger charge is -2.47. The molecule has 1 fully saturated rings. The van der Waals surface area contributed by atoms with Gasteiger partial charge in [-0.15, -0.1) is 0 Å². The number of imidazole rings is 1. The van der Waals surface area contributed by atoms with Crippen molar-refractivity contribution < 1.29 is 14.6 Å². The summed E-state index contributed by atoms with van der Waals surface area (Å²) in [4.78, 5) is 16.9. The highest BCUT2D eigenvalue weighted by atomic mass is 16.5. The molecule has 1 aromatic rings. The Labute approximate surface area is 113 Å². The van der Waals surface area contributed by atoms with Crippen molar-refractivity contribution in [1.29, 1.82) is 0 Å². The molecular weight excluding hydrogens is 246 g/mol. The Bertz CT molecular complexity index is 450. The first-order chi connectivity index (χ1) is 8.89. The number of hydrogen-bond donors (Lipinski definition) is 1. The van der Waals surface area contributed by atoms with Gasteiger partial charge in [-0.2, -0.15) is 0 Å². The number of nitrogens with zero attached hydrogens (tertiary/aromatic N) is 3. The average Bonchev–Trinajstić information content (AvgIpc) is 2.72. The first-order valence-electron chi connectivity index (χ1n) is 6.48. The maximum atomic E-state index is 10.5. The second-order valence-corrected chi connectivity index (χ2v) is 5.66. The van der Waals surface area contributed by atoms with E-state index >= 15 is 0 Å². The van der Waals surface area contributed by atoms with Gasteiger partial charge in [0, 0.05) is 31.9 Å². The van der Waals surface area contributed by atoms with E-state index in [2.05, 4.69) is 28.3 Å². The molecule has 0 spiro atoms. The molecule has 2 rings (SSSR count). The van der Waals surface area contributed by atoms with Crippen LogP contribution < -0.4 is 0 Å². The summed E-state index contributed by atoms with van der Waals surface area (Å²) >= 11 is 0. The Balaban J connectivity index is 1.84. The molecule has 0 saturated carbocycles. The summed E-state index contributed by atoms with van der Waals surface area (Å²) < 4.78 is 7.54. The van der Waals surface area contributed by atoms with Crippen LogP contribution in [0.3, 0.4) is 0 Å². The van der Waals surface area contributed by atoms with E-state index in [4.69, 9.17) is 9.84 Å². The zero-order valence-electron chi connectivity index (χ0n) is 11.7.